The van der Waals surface area contributed by atoms with E-state index in [4.69, 9.17) is 4.74 Å². The molecule has 9 heteroatoms. The van der Waals surface area contributed by atoms with Crippen LogP contribution in [0, 0.1) is 0 Å². The first-order valence-corrected chi connectivity index (χ1v) is 11.1. The second-order valence-corrected chi connectivity index (χ2v) is 8.91. The van der Waals surface area contributed by atoms with Crippen LogP contribution >= 0.6 is 0 Å². The topological polar surface area (TPSA) is 96.0 Å². The number of likely N-dealkylation sites (N-methyl/N-ethyl adjacent to an activating group) is 2. The number of carbonyl (C=O) groups is 2. The summed E-state index contributed by atoms with van der Waals surface area (Å²) in [5, 5.41) is 2.60. The average Bonchev–Trinajstić information content (AvgIpc) is 2.73. The maximum absolute atomic E-state index is 13.2. The van der Waals surface area contributed by atoms with Gasteiger partial charge in [0.25, 0.3) is 0 Å². The molecule has 162 valence electrons. The molecule has 2 rings (SSSR count). The highest BCUT2D eigenvalue weighted by Crippen LogP contribution is 2.25. The van der Waals surface area contributed by atoms with Crippen molar-refractivity contribution in [2.45, 2.75) is 12.6 Å². The summed E-state index contributed by atoms with van der Waals surface area (Å²) >= 11 is 0. The van der Waals surface area contributed by atoms with Crippen LogP contribution in [-0.2, 0) is 26.2 Å². The van der Waals surface area contributed by atoms with E-state index < -0.39 is 22.0 Å². The highest BCUT2D eigenvalue weighted by molar-refractivity contribution is 7.88. The molecule has 2 aromatic rings. The molecule has 0 radical (unpaired) electrons. The first kappa shape index (κ1) is 23.4. The number of hydrogen-bond acceptors (Lipinski definition) is 5. The number of hydrogen-bond donors (Lipinski definition) is 1. The summed E-state index contributed by atoms with van der Waals surface area (Å²) in [6.45, 7) is -0.261. The Morgan fingerprint density at radius 3 is 2.17 bits per heavy atom. The summed E-state index contributed by atoms with van der Waals surface area (Å²) < 4.78 is 29.7. The Labute approximate surface area is 177 Å². The van der Waals surface area contributed by atoms with E-state index in [1.54, 1.807) is 55.6 Å². The third-order valence-corrected chi connectivity index (χ3v) is 5.94. The fourth-order valence-corrected chi connectivity index (χ4v) is 3.24. The molecule has 1 N–H and O–H groups in total. The van der Waals surface area contributed by atoms with Crippen LogP contribution in [0.15, 0.2) is 54.6 Å². The Morgan fingerprint density at radius 1 is 1.07 bits per heavy atom. The van der Waals surface area contributed by atoms with Crippen molar-refractivity contribution in [2.75, 3.05) is 34.0 Å². The first-order chi connectivity index (χ1) is 14.2. The lowest BCUT2D eigenvalue weighted by atomic mass is 10.0. The molecule has 0 heterocycles. The minimum absolute atomic E-state index is 0.118. The Bertz CT molecular complexity index is 962. The monoisotopic (exact) mass is 433 g/mol. The normalized spacial score (nSPS) is 12.3. The van der Waals surface area contributed by atoms with E-state index in [1.165, 1.54) is 19.0 Å². The van der Waals surface area contributed by atoms with Gasteiger partial charge in [-0.3, -0.25) is 9.59 Å². The summed E-state index contributed by atoms with van der Waals surface area (Å²) in [5.41, 5.74) is 1.40. The molecular formula is C21H27N3O5S. The summed E-state index contributed by atoms with van der Waals surface area (Å²) in [6, 6.07) is 15.1. The molecule has 0 aliphatic heterocycles. The van der Waals surface area contributed by atoms with Gasteiger partial charge in [0.05, 0.1) is 19.9 Å². The highest BCUT2D eigenvalue weighted by Gasteiger charge is 2.32. The van der Waals surface area contributed by atoms with Crippen LogP contribution in [0.5, 0.6) is 5.75 Å². The molecule has 30 heavy (non-hydrogen) atoms. The number of nitrogens with one attached hydrogen (secondary N) is 1. The van der Waals surface area contributed by atoms with Crippen LogP contribution < -0.4 is 10.1 Å². The van der Waals surface area contributed by atoms with Crippen molar-refractivity contribution in [3.63, 3.8) is 0 Å². The Kier molecular flexibility index (Phi) is 7.96. The third kappa shape index (κ3) is 6.04. The lowest BCUT2D eigenvalue weighted by Gasteiger charge is -2.32. The lowest BCUT2D eigenvalue weighted by Crippen LogP contribution is -2.46. The van der Waals surface area contributed by atoms with Gasteiger partial charge >= 0.3 is 0 Å². The Balaban J connectivity index is 2.45. The number of rotatable bonds is 9. The van der Waals surface area contributed by atoms with Gasteiger partial charge in [-0.2, -0.15) is 4.31 Å². The second-order valence-electron chi connectivity index (χ2n) is 6.82. The predicted molar refractivity (Wildman–Crippen MR) is 114 cm³/mol. The maximum atomic E-state index is 13.2. The van der Waals surface area contributed by atoms with Crippen molar-refractivity contribution in [1.29, 1.82) is 0 Å². The van der Waals surface area contributed by atoms with Crippen molar-refractivity contribution in [1.82, 2.24) is 14.5 Å². The number of carbonyl (C=O) groups excluding carboxylic acids is 2. The quantitative estimate of drug-likeness (QED) is 0.645. The van der Waals surface area contributed by atoms with E-state index in [0.29, 0.717) is 11.3 Å². The summed E-state index contributed by atoms with van der Waals surface area (Å²) in [5.74, 6) is -0.194. The molecule has 0 aliphatic carbocycles. The highest BCUT2D eigenvalue weighted by atomic mass is 32.2. The molecule has 2 aromatic carbocycles. The van der Waals surface area contributed by atoms with E-state index in [1.807, 2.05) is 6.07 Å². The number of sulfonamides is 1. The van der Waals surface area contributed by atoms with E-state index in [0.717, 1.165) is 16.1 Å². The van der Waals surface area contributed by atoms with Gasteiger partial charge in [-0.1, -0.05) is 42.5 Å². The molecular weight excluding hydrogens is 406 g/mol. The van der Waals surface area contributed by atoms with E-state index in [2.05, 4.69) is 5.32 Å². The summed E-state index contributed by atoms with van der Waals surface area (Å²) in [7, 11) is 0.824. The number of nitrogens with zero attached hydrogens (tertiary/aromatic N) is 2. The van der Waals surface area contributed by atoms with Crippen molar-refractivity contribution in [3.8, 4) is 5.75 Å². The first-order valence-electron chi connectivity index (χ1n) is 9.27. The predicted octanol–water partition coefficient (Wildman–Crippen LogP) is 1.40. The van der Waals surface area contributed by atoms with Crippen LogP contribution in [0.4, 0.5) is 0 Å². The third-order valence-electron chi connectivity index (χ3n) is 4.68. The molecule has 8 nitrogen and oxygen atoms in total. The molecule has 0 saturated heterocycles. The molecule has 1 unspecified atom stereocenters. The van der Waals surface area contributed by atoms with Crippen molar-refractivity contribution in [3.05, 3.63) is 65.7 Å². The average molecular weight is 434 g/mol. The van der Waals surface area contributed by atoms with Gasteiger partial charge in [0, 0.05) is 20.6 Å². The summed E-state index contributed by atoms with van der Waals surface area (Å²) in [6.07, 6.45) is 1.03. The number of amides is 2. The van der Waals surface area contributed by atoms with E-state index >= 15 is 0 Å². The second kappa shape index (κ2) is 10.2. The standard InChI is InChI=1S/C21H27N3O5S/c1-22-21(26)20(17-8-6-5-7-9-17)24(19(25)15-23(2)30(4,27)28)14-16-10-12-18(29-3)13-11-16/h5-13,20H,14-15H2,1-4H3,(H,22,26). The van der Waals surface area contributed by atoms with Gasteiger partial charge in [0.1, 0.15) is 11.8 Å². The SMILES string of the molecule is CNC(=O)C(c1ccccc1)N(Cc1ccc(OC)cc1)C(=O)CN(C)S(C)(=O)=O. The number of benzene rings is 2. The van der Waals surface area contributed by atoms with Crippen molar-refractivity contribution < 1.29 is 22.7 Å². The molecule has 0 spiro atoms. The van der Waals surface area contributed by atoms with Crippen LogP contribution in [0.3, 0.4) is 0 Å². The molecule has 0 saturated carbocycles. The van der Waals surface area contributed by atoms with E-state index in [-0.39, 0.29) is 19.0 Å². The van der Waals surface area contributed by atoms with Crippen molar-refractivity contribution in [2.24, 2.45) is 0 Å². The molecule has 0 fully saturated rings. The maximum Gasteiger partial charge on any atom is 0.247 e. The van der Waals surface area contributed by atoms with Crippen LogP contribution in [0.25, 0.3) is 0 Å². The van der Waals surface area contributed by atoms with Gasteiger partial charge < -0.3 is 15.0 Å². The van der Waals surface area contributed by atoms with Crippen LogP contribution in [0.2, 0.25) is 0 Å². The van der Waals surface area contributed by atoms with Crippen LogP contribution in [-0.4, -0.2) is 63.4 Å². The van der Waals surface area contributed by atoms with E-state index in [9.17, 15) is 18.0 Å². The molecule has 1 atom stereocenters. The molecule has 0 aliphatic rings. The fraction of sp³-hybridized carbons (Fsp3) is 0.333. The minimum Gasteiger partial charge on any atom is -0.497 e. The molecule has 2 amide bonds. The van der Waals surface area contributed by atoms with Gasteiger partial charge in [0.2, 0.25) is 21.8 Å². The van der Waals surface area contributed by atoms with Gasteiger partial charge in [-0.05, 0) is 23.3 Å². The number of ether oxygens (including phenoxy) is 1. The largest absolute Gasteiger partial charge is 0.497 e. The van der Waals surface area contributed by atoms with Gasteiger partial charge in [-0.15, -0.1) is 0 Å². The lowest BCUT2D eigenvalue weighted by molar-refractivity contribution is -0.141. The minimum atomic E-state index is -3.56. The fourth-order valence-electron chi connectivity index (χ4n) is 2.89. The van der Waals surface area contributed by atoms with Crippen molar-refractivity contribution >= 4 is 21.8 Å². The Hall–Kier alpha value is -2.91. The zero-order valence-corrected chi connectivity index (χ0v) is 18.3. The van der Waals surface area contributed by atoms with Gasteiger partial charge in [-0.25, -0.2) is 8.42 Å². The molecule has 0 aromatic heterocycles. The zero-order valence-electron chi connectivity index (χ0n) is 17.5. The smallest absolute Gasteiger partial charge is 0.247 e. The summed E-state index contributed by atoms with van der Waals surface area (Å²) in [4.78, 5) is 27.3. The van der Waals surface area contributed by atoms with Gasteiger partial charge in [0.15, 0.2) is 0 Å². The zero-order chi connectivity index (χ0) is 22.3. The molecule has 0 bridgehead atoms. The Morgan fingerprint density at radius 2 is 1.67 bits per heavy atom. The van der Waals surface area contributed by atoms with Crippen LogP contribution in [0.1, 0.15) is 17.2 Å². The number of methoxy groups -OCH3 is 1.